The van der Waals surface area contributed by atoms with Crippen molar-refractivity contribution in [1.82, 2.24) is 10.7 Å². The molecule has 0 aliphatic heterocycles. The van der Waals surface area contributed by atoms with Crippen molar-refractivity contribution >= 4 is 29.0 Å². The molecule has 8 heteroatoms. The molecule has 4 rings (SSSR count). The predicted molar refractivity (Wildman–Crippen MR) is 160 cm³/mol. The van der Waals surface area contributed by atoms with Crippen molar-refractivity contribution in [3.05, 3.63) is 114 Å². The van der Waals surface area contributed by atoms with Crippen molar-refractivity contribution in [3.8, 4) is 5.75 Å². The van der Waals surface area contributed by atoms with Crippen LogP contribution in [-0.4, -0.2) is 36.5 Å². The van der Waals surface area contributed by atoms with Crippen molar-refractivity contribution in [2.45, 2.75) is 45.6 Å². The topological polar surface area (TPSA) is 98.2 Å². The molecule has 2 amide bonds. The molecule has 0 radical (unpaired) electrons. The highest BCUT2D eigenvalue weighted by Gasteiger charge is 2.24. The van der Waals surface area contributed by atoms with E-state index in [9.17, 15) is 9.59 Å². The maximum absolute atomic E-state index is 12.8. The van der Waals surface area contributed by atoms with E-state index in [-0.39, 0.29) is 6.61 Å². The van der Waals surface area contributed by atoms with Gasteiger partial charge in [-0.05, 0) is 72.5 Å². The summed E-state index contributed by atoms with van der Waals surface area (Å²) in [5.41, 5.74) is 4.59. The Morgan fingerprint density at radius 2 is 1.56 bits per heavy atom. The highest BCUT2D eigenvalue weighted by atomic mass is 16.6. The van der Waals surface area contributed by atoms with Crippen LogP contribution in [-0.2, 0) is 27.5 Å². The third-order valence-corrected chi connectivity index (χ3v) is 5.95. The number of carbonyl (C=O) groups is 2. The summed E-state index contributed by atoms with van der Waals surface area (Å²) < 4.78 is 17.0. The molecule has 0 heterocycles. The van der Waals surface area contributed by atoms with Crippen LogP contribution in [0.3, 0.4) is 0 Å². The van der Waals surface area contributed by atoms with Crippen LogP contribution in [0.1, 0.15) is 37.5 Å². The number of rotatable bonds is 11. The molecule has 4 aromatic carbocycles. The minimum Gasteiger partial charge on any atom is -0.489 e. The lowest BCUT2D eigenvalue weighted by molar-refractivity contribution is -0.124. The van der Waals surface area contributed by atoms with E-state index < -0.39 is 23.6 Å². The van der Waals surface area contributed by atoms with Gasteiger partial charge in [0.15, 0.2) is 0 Å². The number of benzene rings is 4. The van der Waals surface area contributed by atoms with E-state index in [0.717, 1.165) is 22.4 Å². The second-order valence-corrected chi connectivity index (χ2v) is 10.4. The highest BCUT2D eigenvalue weighted by molar-refractivity contribution is 5.87. The van der Waals surface area contributed by atoms with E-state index in [1.54, 1.807) is 20.8 Å². The van der Waals surface area contributed by atoms with Gasteiger partial charge >= 0.3 is 6.09 Å². The maximum atomic E-state index is 12.8. The fourth-order valence-electron chi connectivity index (χ4n) is 3.98. The second kappa shape index (κ2) is 14.1. The highest BCUT2D eigenvalue weighted by Crippen LogP contribution is 2.21. The normalized spacial score (nSPS) is 12.2. The number of nitrogens with one attached hydrogen (secondary N) is 2. The summed E-state index contributed by atoms with van der Waals surface area (Å²) in [4.78, 5) is 25.2. The van der Waals surface area contributed by atoms with Gasteiger partial charge in [0.2, 0.25) is 0 Å². The van der Waals surface area contributed by atoms with Crippen molar-refractivity contribution < 1.29 is 23.8 Å². The molecule has 0 unspecified atom stereocenters. The van der Waals surface area contributed by atoms with Crippen molar-refractivity contribution in [2.24, 2.45) is 5.10 Å². The van der Waals surface area contributed by atoms with Crippen LogP contribution in [0.25, 0.3) is 10.8 Å². The number of hydrogen-bond acceptors (Lipinski definition) is 6. The molecule has 8 nitrogen and oxygen atoms in total. The van der Waals surface area contributed by atoms with E-state index in [4.69, 9.17) is 14.2 Å². The van der Waals surface area contributed by atoms with Crippen LogP contribution in [0.15, 0.2) is 102 Å². The molecule has 0 saturated carbocycles. The van der Waals surface area contributed by atoms with Gasteiger partial charge < -0.3 is 19.5 Å². The molecule has 0 spiro atoms. The lowest BCUT2D eigenvalue weighted by atomic mass is 10.1. The van der Waals surface area contributed by atoms with E-state index >= 15 is 0 Å². The first-order valence-corrected chi connectivity index (χ1v) is 13.4. The molecule has 0 aliphatic carbocycles. The van der Waals surface area contributed by atoms with Crippen LogP contribution < -0.4 is 15.5 Å². The molecule has 0 aliphatic rings. The molecule has 0 fully saturated rings. The number of fused-ring (bicyclic) bond motifs is 1. The average Bonchev–Trinajstić information content (AvgIpc) is 2.96. The lowest BCUT2D eigenvalue weighted by Gasteiger charge is -2.22. The number of amides is 2. The fourth-order valence-corrected chi connectivity index (χ4v) is 3.98. The molecule has 41 heavy (non-hydrogen) atoms. The summed E-state index contributed by atoms with van der Waals surface area (Å²) in [7, 11) is 0. The summed E-state index contributed by atoms with van der Waals surface area (Å²) in [6, 6.07) is 30.3. The van der Waals surface area contributed by atoms with E-state index in [0.29, 0.717) is 13.2 Å². The summed E-state index contributed by atoms with van der Waals surface area (Å²) in [6.45, 7) is 5.92. The average molecular weight is 554 g/mol. The van der Waals surface area contributed by atoms with Gasteiger partial charge in [-0.2, -0.15) is 5.10 Å². The van der Waals surface area contributed by atoms with E-state index in [1.807, 2.05) is 72.8 Å². The standard InChI is InChI=1S/C33H35N3O5/c1-33(2,3)41-32(38)35-30(23-39-21-25-10-5-4-6-11-25)31(37)36-34-20-24-16-18-28(19-17-24)40-22-27-14-9-13-26-12-7-8-15-29(26)27/h4-20,30H,21-23H2,1-3H3,(H,35,38)(H,36,37)/b34-20-/t30-/m0/s1. The molecule has 0 aromatic heterocycles. The SMILES string of the molecule is CC(C)(C)OC(=O)N[C@@H](COCc1ccccc1)C(=O)N/N=C\c1ccc(OCc2cccc3ccccc23)cc1. The number of nitrogens with zero attached hydrogens (tertiary/aromatic N) is 1. The van der Waals surface area contributed by atoms with Crippen molar-refractivity contribution in [1.29, 1.82) is 0 Å². The Morgan fingerprint density at radius 3 is 2.32 bits per heavy atom. The number of hydrazone groups is 1. The molecule has 1 atom stereocenters. The molecular weight excluding hydrogens is 518 g/mol. The number of carbonyl (C=O) groups excluding carboxylic acids is 2. The largest absolute Gasteiger partial charge is 0.489 e. The minimum absolute atomic E-state index is 0.0573. The summed E-state index contributed by atoms with van der Waals surface area (Å²) in [5.74, 6) is 0.187. The Labute approximate surface area is 240 Å². The van der Waals surface area contributed by atoms with Gasteiger partial charge in [0, 0.05) is 0 Å². The zero-order valence-corrected chi connectivity index (χ0v) is 23.5. The zero-order chi connectivity index (χ0) is 29.1. The Hall–Kier alpha value is -4.69. The van der Waals surface area contributed by atoms with Gasteiger partial charge in [-0.3, -0.25) is 4.79 Å². The fraction of sp³-hybridized carbons (Fsp3) is 0.242. The first-order valence-electron chi connectivity index (χ1n) is 13.4. The number of hydrogen-bond donors (Lipinski definition) is 2. The zero-order valence-electron chi connectivity index (χ0n) is 23.5. The van der Waals surface area contributed by atoms with Gasteiger partial charge in [-0.15, -0.1) is 0 Å². The van der Waals surface area contributed by atoms with Crippen LogP contribution in [0.5, 0.6) is 5.75 Å². The van der Waals surface area contributed by atoms with Crippen LogP contribution >= 0.6 is 0 Å². The number of ether oxygens (including phenoxy) is 3. The Balaban J connectivity index is 1.31. The Morgan fingerprint density at radius 1 is 0.854 bits per heavy atom. The summed E-state index contributed by atoms with van der Waals surface area (Å²) in [5, 5.41) is 8.96. The number of alkyl carbamates (subject to hydrolysis) is 1. The van der Waals surface area contributed by atoms with Crippen molar-refractivity contribution in [2.75, 3.05) is 6.61 Å². The van der Waals surface area contributed by atoms with Gasteiger partial charge in [0.05, 0.1) is 19.4 Å². The first-order chi connectivity index (χ1) is 19.8. The van der Waals surface area contributed by atoms with E-state index in [2.05, 4.69) is 40.1 Å². The quantitative estimate of drug-likeness (QED) is 0.176. The molecule has 212 valence electrons. The molecule has 0 saturated heterocycles. The third-order valence-electron chi connectivity index (χ3n) is 5.95. The van der Waals surface area contributed by atoms with E-state index in [1.165, 1.54) is 17.0 Å². The summed E-state index contributed by atoms with van der Waals surface area (Å²) in [6.07, 6.45) is 0.797. The molecule has 2 N–H and O–H groups in total. The lowest BCUT2D eigenvalue weighted by Crippen LogP contribution is -2.49. The Bertz CT molecular complexity index is 1460. The molecule has 4 aromatic rings. The molecular formula is C33H35N3O5. The third kappa shape index (κ3) is 9.47. The summed E-state index contributed by atoms with van der Waals surface area (Å²) >= 11 is 0. The van der Waals surface area contributed by atoms with Gasteiger partial charge in [0.25, 0.3) is 5.91 Å². The smallest absolute Gasteiger partial charge is 0.408 e. The van der Waals surface area contributed by atoms with Gasteiger partial charge in [-0.1, -0.05) is 72.8 Å². The van der Waals surface area contributed by atoms with Crippen LogP contribution in [0.2, 0.25) is 0 Å². The maximum Gasteiger partial charge on any atom is 0.408 e. The Kier molecular flexibility index (Phi) is 10.1. The van der Waals surface area contributed by atoms with Crippen LogP contribution in [0, 0.1) is 0 Å². The van der Waals surface area contributed by atoms with Crippen LogP contribution in [0.4, 0.5) is 4.79 Å². The second-order valence-electron chi connectivity index (χ2n) is 10.4. The predicted octanol–water partition coefficient (Wildman–Crippen LogP) is 5.98. The molecule has 0 bridgehead atoms. The van der Waals surface area contributed by atoms with Crippen molar-refractivity contribution in [3.63, 3.8) is 0 Å². The minimum atomic E-state index is -1.00. The first kappa shape index (κ1) is 29.3. The monoisotopic (exact) mass is 553 g/mol. The van der Waals surface area contributed by atoms with Gasteiger partial charge in [-0.25, -0.2) is 10.2 Å². The van der Waals surface area contributed by atoms with Gasteiger partial charge in [0.1, 0.15) is 24.0 Å².